The van der Waals surface area contributed by atoms with Gasteiger partial charge in [0.1, 0.15) is 0 Å². The van der Waals surface area contributed by atoms with E-state index in [0.29, 0.717) is 18.4 Å². The first kappa shape index (κ1) is 15.3. The topological polar surface area (TPSA) is 52.6 Å². The summed E-state index contributed by atoms with van der Waals surface area (Å²) in [5.41, 5.74) is 0. The van der Waals surface area contributed by atoms with Crippen LogP contribution in [0, 0.1) is 11.8 Å². The van der Waals surface area contributed by atoms with Crippen molar-refractivity contribution < 1.29 is 9.90 Å². The number of piperidine rings is 1. The number of carbonyl (C=O) groups is 1. The molecule has 0 spiro atoms. The molecule has 2 aliphatic carbocycles. The summed E-state index contributed by atoms with van der Waals surface area (Å²) in [5, 5.41) is 12.8. The van der Waals surface area contributed by atoms with E-state index in [1.807, 2.05) is 0 Å². The van der Waals surface area contributed by atoms with Crippen molar-refractivity contribution in [3.8, 4) is 0 Å². The van der Waals surface area contributed by atoms with Crippen LogP contribution >= 0.6 is 0 Å². The molecule has 0 amide bonds. The minimum Gasteiger partial charge on any atom is -0.481 e. The zero-order valence-corrected chi connectivity index (χ0v) is 13.1. The number of nitrogens with zero attached hydrogens (tertiary/aromatic N) is 1. The van der Waals surface area contributed by atoms with Crippen molar-refractivity contribution in [2.75, 3.05) is 19.6 Å². The van der Waals surface area contributed by atoms with Crippen LogP contribution in [0.1, 0.15) is 57.8 Å². The third-order valence-electron chi connectivity index (χ3n) is 5.42. The van der Waals surface area contributed by atoms with E-state index in [2.05, 4.69) is 10.2 Å². The largest absolute Gasteiger partial charge is 0.481 e. The van der Waals surface area contributed by atoms with Gasteiger partial charge < -0.3 is 15.3 Å². The highest BCUT2D eigenvalue weighted by molar-refractivity contribution is 5.66. The lowest BCUT2D eigenvalue weighted by molar-refractivity contribution is -0.137. The molecule has 3 rings (SSSR count). The van der Waals surface area contributed by atoms with Crippen LogP contribution in [0.5, 0.6) is 0 Å². The molecule has 2 atom stereocenters. The van der Waals surface area contributed by atoms with Crippen molar-refractivity contribution >= 4 is 5.97 Å². The van der Waals surface area contributed by atoms with Crippen LogP contribution in [0.25, 0.3) is 0 Å². The molecule has 2 unspecified atom stereocenters. The number of hydrogen-bond acceptors (Lipinski definition) is 3. The molecule has 21 heavy (non-hydrogen) atoms. The molecular formula is C17H30N2O2. The molecule has 1 aliphatic heterocycles. The zero-order chi connectivity index (χ0) is 14.7. The van der Waals surface area contributed by atoms with E-state index in [-0.39, 0.29) is 0 Å². The number of carboxylic acid groups (broad SMARTS) is 1. The lowest BCUT2D eigenvalue weighted by atomic mass is 9.89. The molecule has 0 radical (unpaired) electrons. The van der Waals surface area contributed by atoms with Gasteiger partial charge in [-0.15, -0.1) is 0 Å². The third-order valence-corrected chi connectivity index (χ3v) is 5.42. The van der Waals surface area contributed by atoms with Crippen LogP contribution in [0.3, 0.4) is 0 Å². The van der Waals surface area contributed by atoms with E-state index in [1.54, 1.807) is 0 Å². The Morgan fingerprint density at radius 1 is 1.05 bits per heavy atom. The molecule has 2 N–H and O–H groups in total. The van der Waals surface area contributed by atoms with Crippen molar-refractivity contribution in [1.82, 2.24) is 10.2 Å². The van der Waals surface area contributed by atoms with Crippen molar-refractivity contribution in [3.05, 3.63) is 0 Å². The standard InChI is InChI=1S/C17H30N2O2/c20-17(21)8-7-14-9-16(18-15-3-1-2-4-15)12-19(11-14)10-13-5-6-13/h13-16,18H,1-12H2,(H,20,21). The first-order valence-corrected chi connectivity index (χ1v) is 8.89. The average Bonchev–Trinajstić information content (AvgIpc) is 3.10. The maximum Gasteiger partial charge on any atom is 0.303 e. The molecule has 120 valence electrons. The van der Waals surface area contributed by atoms with Gasteiger partial charge in [0.2, 0.25) is 0 Å². The second-order valence-electron chi connectivity index (χ2n) is 7.54. The molecule has 0 aromatic rings. The summed E-state index contributed by atoms with van der Waals surface area (Å²) >= 11 is 0. The Labute approximate surface area is 128 Å². The van der Waals surface area contributed by atoms with Gasteiger partial charge in [0.15, 0.2) is 0 Å². The normalized spacial score (nSPS) is 31.6. The van der Waals surface area contributed by atoms with Crippen LogP contribution in [0.2, 0.25) is 0 Å². The molecule has 1 heterocycles. The monoisotopic (exact) mass is 294 g/mol. The van der Waals surface area contributed by atoms with Gasteiger partial charge >= 0.3 is 5.97 Å². The lowest BCUT2D eigenvalue weighted by Gasteiger charge is -2.39. The van der Waals surface area contributed by atoms with Gasteiger partial charge in [-0.05, 0) is 50.4 Å². The summed E-state index contributed by atoms with van der Waals surface area (Å²) in [7, 11) is 0. The van der Waals surface area contributed by atoms with Gasteiger partial charge in [-0.25, -0.2) is 0 Å². The number of carboxylic acids is 1. The number of aliphatic carboxylic acids is 1. The summed E-state index contributed by atoms with van der Waals surface area (Å²) in [5.74, 6) is 0.845. The Balaban J connectivity index is 1.51. The fourth-order valence-corrected chi connectivity index (χ4v) is 4.20. The molecule has 1 saturated heterocycles. The number of nitrogens with one attached hydrogen (secondary N) is 1. The predicted octanol–water partition coefficient (Wildman–Crippen LogP) is 2.48. The molecular weight excluding hydrogens is 264 g/mol. The van der Waals surface area contributed by atoms with Crippen molar-refractivity contribution in [2.24, 2.45) is 11.8 Å². The Morgan fingerprint density at radius 2 is 1.81 bits per heavy atom. The van der Waals surface area contributed by atoms with E-state index in [1.165, 1.54) is 58.0 Å². The number of hydrogen-bond donors (Lipinski definition) is 2. The molecule has 2 saturated carbocycles. The van der Waals surface area contributed by atoms with Gasteiger partial charge in [0.05, 0.1) is 0 Å². The lowest BCUT2D eigenvalue weighted by Crippen LogP contribution is -2.52. The maximum absolute atomic E-state index is 10.8. The van der Waals surface area contributed by atoms with Crippen LogP contribution < -0.4 is 5.32 Å². The minimum absolute atomic E-state index is 0.331. The van der Waals surface area contributed by atoms with Crippen molar-refractivity contribution in [2.45, 2.75) is 69.9 Å². The number of rotatable bonds is 7. The van der Waals surface area contributed by atoms with Gasteiger partial charge in [-0.3, -0.25) is 4.79 Å². The second kappa shape index (κ2) is 7.10. The highest BCUT2D eigenvalue weighted by Gasteiger charge is 2.32. The van der Waals surface area contributed by atoms with Crippen LogP contribution in [-0.2, 0) is 4.79 Å². The minimum atomic E-state index is -0.644. The molecule has 0 aromatic carbocycles. The summed E-state index contributed by atoms with van der Waals surface area (Å²) in [6, 6.07) is 1.30. The van der Waals surface area contributed by atoms with Gasteiger partial charge in [-0.2, -0.15) is 0 Å². The number of likely N-dealkylation sites (tertiary alicyclic amines) is 1. The molecule has 3 fully saturated rings. The molecule has 4 nitrogen and oxygen atoms in total. The van der Waals surface area contributed by atoms with Gasteiger partial charge in [0.25, 0.3) is 0 Å². The van der Waals surface area contributed by atoms with E-state index in [9.17, 15) is 4.79 Å². The van der Waals surface area contributed by atoms with Crippen LogP contribution in [0.4, 0.5) is 0 Å². The van der Waals surface area contributed by atoms with Crippen LogP contribution in [0.15, 0.2) is 0 Å². The summed E-state index contributed by atoms with van der Waals surface area (Å²) in [6.07, 6.45) is 10.6. The molecule has 3 aliphatic rings. The fourth-order valence-electron chi connectivity index (χ4n) is 4.20. The Hall–Kier alpha value is -0.610. The Bertz CT molecular complexity index is 351. The van der Waals surface area contributed by atoms with E-state index < -0.39 is 5.97 Å². The smallest absolute Gasteiger partial charge is 0.303 e. The first-order valence-electron chi connectivity index (χ1n) is 8.89. The molecule has 0 aromatic heterocycles. The Morgan fingerprint density at radius 3 is 2.48 bits per heavy atom. The molecule has 0 bridgehead atoms. The SMILES string of the molecule is O=C(O)CCC1CC(NC2CCCC2)CN(CC2CC2)C1. The maximum atomic E-state index is 10.8. The van der Waals surface area contributed by atoms with Crippen molar-refractivity contribution in [3.63, 3.8) is 0 Å². The zero-order valence-electron chi connectivity index (χ0n) is 13.1. The van der Waals surface area contributed by atoms with E-state index >= 15 is 0 Å². The van der Waals surface area contributed by atoms with Gasteiger partial charge in [0, 0.05) is 38.1 Å². The highest BCUT2D eigenvalue weighted by Crippen LogP contribution is 2.32. The summed E-state index contributed by atoms with van der Waals surface area (Å²) < 4.78 is 0. The predicted molar refractivity (Wildman–Crippen MR) is 83.3 cm³/mol. The Kier molecular flexibility index (Phi) is 5.17. The van der Waals surface area contributed by atoms with Crippen LogP contribution in [-0.4, -0.2) is 47.7 Å². The van der Waals surface area contributed by atoms with E-state index in [4.69, 9.17) is 5.11 Å². The fraction of sp³-hybridized carbons (Fsp3) is 0.941. The summed E-state index contributed by atoms with van der Waals surface area (Å²) in [4.78, 5) is 13.5. The second-order valence-corrected chi connectivity index (χ2v) is 7.54. The van der Waals surface area contributed by atoms with Gasteiger partial charge in [-0.1, -0.05) is 12.8 Å². The van der Waals surface area contributed by atoms with E-state index in [0.717, 1.165) is 24.9 Å². The summed E-state index contributed by atoms with van der Waals surface area (Å²) in [6.45, 7) is 3.54. The molecule has 4 heteroatoms. The average molecular weight is 294 g/mol. The quantitative estimate of drug-likeness (QED) is 0.757. The van der Waals surface area contributed by atoms with Crippen molar-refractivity contribution in [1.29, 1.82) is 0 Å². The third kappa shape index (κ3) is 4.96. The highest BCUT2D eigenvalue weighted by atomic mass is 16.4. The first-order chi connectivity index (χ1) is 10.2.